The molecule has 20 heavy (non-hydrogen) atoms. The smallest absolute Gasteiger partial charge is 0.279 e. The highest BCUT2D eigenvalue weighted by Gasteiger charge is 2.14. The summed E-state index contributed by atoms with van der Waals surface area (Å²) >= 11 is 4.53. The summed E-state index contributed by atoms with van der Waals surface area (Å²) in [5.74, 6) is -0.700. The summed E-state index contributed by atoms with van der Waals surface area (Å²) in [6.45, 7) is 0. The fourth-order valence-electron chi connectivity index (χ4n) is 1.41. The van der Waals surface area contributed by atoms with Gasteiger partial charge in [-0.2, -0.15) is 0 Å². The van der Waals surface area contributed by atoms with Gasteiger partial charge in [-0.15, -0.1) is 11.3 Å². The zero-order valence-corrected chi connectivity index (χ0v) is 12.7. The van der Waals surface area contributed by atoms with Gasteiger partial charge >= 0.3 is 0 Å². The van der Waals surface area contributed by atoms with Crippen LogP contribution in [0.4, 0.5) is 0 Å². The molecule has 2 aromatic rings. The van der Waals surface area contributed by atoms with E-state index in [9.17, 15) is 9.59 Å². The van der Waals surface area contributed by atoms with E-state index in [1.165, 1.54) is 24.6 Å². The number of halogens is 1. The van der Waals surface area contributed by atoms with Crippen molar-refractivity contribution in [3.05, 3.63) is 44.7 Å². The molecule has 0 fully saturated rings. The number of methoxy groups -OCH3 is 1. The molecule has 8 heteroatoms. The quantitative estimate of drug-likeness (QED) is 0.825. The third-order valence-electron chi connectivity index (χ3n) is 2.30. The number of carbonyl (C=O) groups excluding carboxylic acids is 2. The second-order valence-electron chi connectivity index (χ2n) is 3.57. The Hall–Kier alpha value is -1.93. The molecule has 2 heterocycles. The normalized spacial score (nSPS) is 9.90. The number of rotatable bonds is 3. The Morgan fingerprint density at radius 2 is 2.00 bits per heavy atom. The maximum Gasteiger partial charge on any atom is 0.279 e. The lowest BCUT2D eigenvalue weighted by atomic mass is 10.2. The maximum absolute atomic E-state index is 11.9. The van der Waals surface area contributed by atoms with Crippen LogP contribution in [0, 0.1) is 0 Å². The average Bonchev–Trinajstić information content (AvgIpc) is 2.91. The van der Waals surface area contributed by atoms with Crippen molar-refractivity contribution in [2.75, 3.05) is 7.11 Å². The van der Waals surface area contributed by atoms with Crippen LogP contribution < -0.4 is 15.6 Å². The van der Waals surface area contributed by atoms with Gasteiger partial charge < -0.3 is 4.74 Å². The third-order valence-corrected chi connectivity index (χ3v) is 3.92. The molecule has 0 aliphatic carbocycles. The van der Waals surface area contributed by atoms with Gasteiger partial charge in [0.15, 0.2) is 0 Å². The molecule has 0 unspecified atom stereocenters. The van der Waals surface area contributed by atoms with Crippen molar-refractivity contribution in [3.63, 3.8) is 0 Å². The second-order valence-corrected chi connectivity index (χ2v) is 6.04. The zero-order chi connectivity index (χ0) is 14.5. The monoisotopic (exact) mass is 355 g/mol. The number of aromatic nitrogens is 1. The van der Waals surface area contributed by atoms with Crippen molar-refractivity contribution in [1.29, 1.82) is 0 Å². The van der Waals surface area contributed by atoms with Crippen LogP contribution in [0.25, 0.3) is 0 Å². The molecule has 2 aromatic heterocycles. The van der Waals surface area contributed by atoms with Crippen LogP contribution in [0.3, 0.4) is 0 Å². The van der Waals surface area contributed by atoms with Gasteiger partial charge in [-0.1, -0.05) is 0 Å². The number of ether oxygens (including phenoxy) is 1. The molecule has 0 bridgehead atoms. The van der Waals surface area contributed by atoms with Gasteiger partial charge in [-0.3, -0.25) is 20.4 Å². The molecule has 0 saturated carbocycles. The molecule has 0 aliphatic rings. The van der Waals surface area contributed by atoms with Crippen molar-refractivity contribution in [1.82, 2.24) is 15.8 Å². The van der Waals surface area contributed by atoms with Crippen molar-refractivity contribution in [2.45, 2.75) is 0 Å². The molecule has 2 N–H and O–H groups in total. The summed E-state index contributed by atoms with van der Waals surface area (Å²) in [5, 5.41) is 0. The number of pyridine rings is 1. The van der Waals surface area contributed by atoms with E-state index in [2.05, 4.69) is 31.8 Å². The highest BCUT2D eigenvalue weighted by Crippen LogP contribution is 2.21. The van der Waals surface area contributed by atoms with E-state index in [0.717, 1.165) is 3.79 Å². The maximum atomic E-state index is 11.9. The minimum atomic E-state index is -0.501. The van der Waals surface area contributed by atoms with Crippen LogP contribution in [0.2, 0.25) is 0 Å². The molecule has 104 valence electrons. The Bertz CT molecular complexity index is 644. The van der Waals surface area contributed by atoms with Crippen molar-refractivity contribution in [3.8, 4) is 5.88 Å². The van der Waals surface area contributed by atoms with Gasteiger partial charge in [0.25, 0.3) is 11.8 Å². The highest BCUT2D eigenvalue weighted by molar-refractivity contribution is 9.11. The number of nitrogens with zero attached hydrogens (tertiary/aromatic N) is 1. The van der Waals surface area contributed by atoms with Gasteiger partial charge in [0.05, 0.1) is 15.8 Å². The van der Waals surface area contributed by atoms with E-state index < -0.39 is 11.8 Å². The molecule has 0 radical (unpaired) electrons. The summed E-state index contributed by atoms with van der Waals surface area (Å²) in [4.78, 5) is 28.1. The first-order valence-corrected chi connectivity index (χ1v) is 7.08. The predicted molar refractivity (Wildman–Crippen MR) is 77.7 cm³/mol. The lowest BCUT2D eigenvalue weighted by Crippen LogP contribution is -2.41. The van der Waals surface area contributed by atoms with E-state index in [4.69, 9.17) is 4.74 Å². The molecule has 0 aromatic carbocycles. The van der Waals surface area contributed by atoms with Crippen LogP contribution in [0.15, 0.2) is 34.2 Å². The minimum absolute atomic E-state index is 0.193. The van der Waals surface area contributed by atoms with E-state index in [1.807, 2.05) is 0 Å². The first kappa shape index (κ1) is 14.5. The largest absolute Gasteiger partial charge is 0.480 e. The number of hydrogen-bond donors (Lipinski definition) is 2. The number of amides is 2. The van der Waals surface area contributed by atoms with Gasteiger partial charge in [0, 0.05) is 6.20 Å². The number of nitrogens with one attached hydrogen (secondary N) is 2. The molecule has 0 aliphatic heterocycles. The first-order valence-electron chi connectivity index (χ1n) is 5.47. The Morgan fingerprint density at radius 3 is 2.65 bits per heavy atom. The standard InChI is InChI=1S/C12H10BrN3O3S/c1-19-12-7(3-2-6-14-12)10(17)15-16-11(18)8-4-5-9(13)20-8/h2-6H,1H3,(H,15,17)(H,16,18). The number of carbonyl (C=O) groups is 2. The van der Waals surface area contributed by atoms with Gasteiger partial charge in [-0.25, -0.2) is 4.98 Å². The molecule has 0 atom stereocenters. The predicted octanol–water partition coefficient (Wildman–Crippen LogP) is 1.99. The van der Waals surface area contributed by atoms with Crippen molar-refractivity contribution < 1.29 is 14.3 Å². The van der Waals surface area contributed by atoms with Crippen LogP contribution in [0.1, 0.15) is 20.0 Å². The van der Waals surface area contributed by atoms with Crippen LogP contribution >= 0.6 is 27.3 Å². The lowest BCUT2D eigenvalue weighted by molar-refractivity contribution is 0.0846. The molecular weight excluding hydrogens is 346 g/mol. The summed E-state index contributed by atoms with van der Waals surface area (Å²) in [7, 11) is 1.42. The topological polar surface area (TPSA) is 80.3 Å². The fourth-order valence-corrected chi connectivity index (χ4v) is 2.69. The van der Waals surface area contributed by atoms with E-state index in [-0.39, 0.29) is 11.4 Å². The minimum Gasteiger partial charge on any atom is -0.480 e. The zero-order valence-electron chi connectivity index (χ0n) is 10.3. The lowest BCUT2D eigenvalue weighted by Gasteiger charge is -2.08. The average molecular weight is 356 g/mol. The van der Waals surface area contributed by atoms with Gasteiger partial charge in [-0.05, 0) is 40.2 Å². The molecule has 2 amide bonds. The summed E-state index contributed by atoms with van der Waals surface area (Å²) in [5.41, 5.74) is 4.88. The van der Waals surface area contributed by atoms with Crippen LogP contribution in [-0.2, 0) is 0 Å². The molecule has 6 nitrogen and oxygen atoms in total. The van der Waals surface area contributed by atoms with E-state index in [1.54, 1.807) is 24.3 Å². The fraction of sp³-hybridized carbons (Fsp3) is 0.0833. The summed E-state index contributed by atoms with van der Waals surface area (Å²) in [6.07, 6.45) is 1.51. The molecule has 0 spiro atoms. The number of hydrogen-bond acceptors (Lipinski definition) is 5. The van der Waals surface area contributed by atoms with Crippen LogP contribution in [0.5, 0.6) is 5.88 Å². The van der Waals surface area contributed by atoms with E-state index in [0.29, 0.717) is 4.88 Å². The van der Waals surface area contributed by atoms with E-state index >= 15 is 0 Å². The Balaban J connectivity index is 2.00. The SMILES string of the molecule is COc1ncccc1C(=O)NNC(=O)c1ccc(Br)s1. The Morgan fingerprint density at radius 1 is 1.25 bits per heavy atom. The third kappa shape index (κ3) is 3.34. The number of thiophene rings is 1. The molecule has 0 saturated heterocycles. The van der Waals surface area contributed by atoms with Crippen molar-refractivity contribution >= 4 is 39.1 Å². The van der Waals surface area contributed by atoms with Crippen LogP contribution in [-0.4, -0.2) is 23.9 Å². The summed E-state index contributed by atoms with van der Waals surface area (Å²) < 4.78 is 5.81. The second kappa shape index (κ2) is 6.49. The Labute approximate surface area is 127 Å². The highest BCUT2D eigenvalue weighted by atomic mass is 79.9. The molecular formula is C12H10BrN3O3S. The van der Waals surface area contributed by atoms with Gasteiger partial charge in [0.2, 0.25) is 5.88 Å². The molecule has 2 rings (SSSR count). The Kier molecular flexibility index (Phi) is 4.70. The number of hydrazine groups is 1. The summed E-state index contributed by atoms with van der Waals surface area (Å²) in [6, 6.07) is 6.57. The van der Waals surface area contributed by atoms with Gasteiger partial charge in [0.1, 0.15) is 5.56 Å². The van der Waals surface area contributed by atoms with Crippen molar-refractivity contribution in [2.24, 2.45) is 0 Å². The first-order chi connectivity index (χ1) is 9.61.